The third-order valence-electron chi connectivity index (χ3n) is 3.31. The summed E-state index contributed by atoms with van der Waals surface area (Å²) in [5, 5.41) is 9.20. The summed E-state index contributed by atoms with van der Waals surface area (Å²) in [4.78, 5) is 4.45. The molecule has 0 amide bonds. The largest absolute Gasteiger partial charge is 0.326 e. The Labute approximate surface area is 131 Å². The highest BCUT2D eigenvalue weighted by molar-refractivity contribution is 9.10. The first-order valence-corrected chi connectivity index (χ1v) is 7.33. The van der Waals surface area contributed by atoms with Gasteiger partial charge in [-0.25, -0.2) is 4.98 Å². The molecule has 4 heteroatoms. The van der Waals surface area contributed by atoms with Crippen molar-refractivity contribution in [1.82, 2.24) is 9.55 Å². The third-order valence-corrected chi connectivity index (χ3v) is 4.00. The van der Waals surface area contributed by atoms with Gasteiger partial charge in [0.15, 0.2) is 0 Å². The third kappa shape index (κ3) is 2.74. The Hall–Kier alpha value is -2.38. The van der Waals surface area contributed by atoms with Gasteiger partial charge in [0, 0.05) is 22.4 Å². The summed E-state index contributed by atoms with van der Waals surface area (Å²) in [5.74, 6) is 0.884. The number of hydrogen-bond acceptors (Lipinski definition) is 2. The minimum atomic E-state index is 0.625. The second-order valence-electron chi connectivity index (χ2n) is 4.63. The molecule has 3 nitrogen and oxygen atoms in total. The van der Waals surface area contributed by atoms with E-state index in [1.165, 1.54) is 0 Å². The summed E-state index contributed by atoms with van der Waals surface area (Å²) in [6.45, 7) is 0.625. The minimum absolute atomic E-state index is 0.625. The molecule has 0 N–H and O–H groups in total. The maximum absolute atomic E-state index is 9.20. The van der Waals surface area contributed by atoms with Crippen molar-refractivity contribution in [2.24, 2.45) is 0 Å². The molecule has 1 aromatic heterocycles. The van der Waals surface area contributed by atoms with Gasteiger partial charge < -0.3 is 4.57 Å². The van der Waals surface area contributed by atoms with E-state index in [-0.39, 0.29) is 0 Å². The van der Waals surface area contributed by atoms with Gasteiger partial charge in [-0.1, -0.05) is 52.3 Å². The molecular formula is C17H12BrN3. The lowest BCUT2D eigenvalue weighted by Gasteiger charge is -2.10. The molecule has 0 saturated carbocycles. The van der Waals surface area contributed by atoms with Crippen LogP contribution in [0, 0.1) is 11.3 Å². The topological polar surface area (TPSA) is 41.6 Å². The van der Waals surface area contributed by atoms with Crippen LogP contribution in [0.4, 0.5) is 0 Å². The monoisotopic (exact) mass is 337 g/mol. The Morgan fingerprint density at radius 2 is 1.86 bits per heavy atom. The van der Waals surface area contributed by atoms with Crippen LogP contribution in [-0.4, -0.2) is 9.55 Å². The number of nitriles is 1. The van der Waals surface area contributed by atoms with Crippen molar-refractivity contribution in [3.8, 4) is 17.5 Å². The number of nitrogens with zero attached hydrogens (tertiary/aromatic N) is 3. The van der Waals surface area contributed by atoms with Crippen LogP contribution in [0.2, 0.25) is 0 Å². The van der Waals surface area contributed by atoms with E-state index in [1.54, 1.807) is 6.20 Å². The normalized spacial score (nSPS) is 10.3. The van der Waals surface area contributed by atoms with E-state index in [1.807, 2.05) is 54.7 Å². The van der Waals surface area contributed by atoms with Crippen molar-refractivity contribution in [1.29, 1.82) is 5.26 Å². The van der Waals surface area contributed by atoms with E-state index in [4.69, 9.17) is 0 Å². The summed E-state index contributed by atoms with van der Waals surface area (Å²) >= 11 is 3.56. The lowest BCUT2D eigenvalue weighted by Crippen LogP contribution is -2.03. The standard InChI is InChI=1S/C17H12BrN3/c18-16-8-4-3-7-15(16)17-20-9-10-21(17)12-14-6-2-1-5-13(14)11-19/h1-10H,12H2. The highest BCUT2D eigenvalue weighted by atomic mass is 79.9. The van der Waals surface area contributed by atoms with E-state index >= 15 is 0 Å². The molecule has 0 aliphatic carbocycles. The van der Waals surface area contributed by atoms with Crippen molar-refractivity contribution in [2.75, 3.05) is 0 Å². The van der Waals surface area contributed by atoms with E-state index in [0.29, 0.717) is 12.1 Å². The fourth-order valence-corrected chi connectivity index (χ4v) is 2.74. The van der Waals surface area contributed by atoms with Gasteiger partial charge in [0.05, 0.1) is 18.2 Å². The van der Waals surface area contributed by atoms with Crippen LogP contribution >= 0.6 is 15.9 Å². The van der Waals surface area contributed by atoms with Crippen LogP contribution in [0.1, 0.15) is 11.1 Å². The molecule has 0 radical (unpaired) electrons. The predicted octanol–water partition coefficient (Wildman–Crippen LogP) is 4.23. The molecule has 0 saturated heterocycles. The lowest BCUT2D eigenvalue weighted by atomic mass is 10.1. The van der Waals surface area contributed by atoms with Crippen LogP contribution in [0.3, 0.4) is 0 Å². The smallest absolute Gasteiger partial charge is 0.141 e. The molecule has 0 aliphatic rings. The average molecular weight is 338 g/mol. The Balaban J connectivity index is 2.01. The number of imidazole rings is 1. The molecule has 3 aromatic rings. The van der Waals surface area contributed by atoms with Crippen LogP contribution in [0.25, 0.3) is 11.4 Å². The minimum Gasteiger partial charge on any atom is -0.326 e. The SMILES string of the molecule is N#Cc1ccccc1Cn1ccnc1-c1ccccc1Br. The Morgan fingerprint density at radius 1 is 1.10 bits per heavy atom. The number of rotatable bonds is 3. The molecular weight excluding hydrogens is 326 g/mol. The molecule has 1 heterocycles. The first kappa shape index (κ1) is 13.6. The first-order valence-electron chi connectivity index (χ1n) is 6.53. The Morgan fingerprint density at radius 3 is 2.67 bits per heavy atom. The van der Waals surface area contributed by atoms with Gasteiger partial charge in [0.1, 0.15) is 5.82 Å². The average Bonchev–Trinajstić information content (AvgIpc) is 2.96. The Kier molecular flexibility index (Phi) is 3.85. The molecule has 3 rings (SSSR count). The fraction of sp³-hybridized carbons (Fsp3) is 0.0588. The molecule has 0 bridgehead atoms. The summed E-state index contributed by atoms with van der Waals surface area (Å²) in [6.07, 6.45) is 3.71. The van der Waals surface area contributed by atoms with Crippen LogP contribution in [-0.2, 0) is 6.54 Å². The number of aromatic nitrogens is 2. The van der Waals surface area contributed by atoms with Gasteiger partial charge in [-0.3, -0.25) is 0 Å². The zero-order chi connectivity index (χ0) is 14.7. The second-order valence-corrected chi connectivity index (χ2v) is 5.48. The van der Waals surface area contributed by atoms with E-state index in [9.17, 15) is 5.26 Å². The second kappa shape index (κ2) is 5.94. The first-order chi connectivity index (χ1) is 10.3. The zero-order valence-electron chi connectivity index (χ0n) is 11.2. The van der Waals surface area contributed by atoms with Gasteiger partial charge in [-0.05, 0) is 17.7 Å². The summed E-state index contributed by atoms with van der Waals surface area (Å²) < 4.78 is 3.06. The zero-order valence-corrected chi connectivity index (χ0v) is 12.8. The van der Waals surface area contributed by atoms with E-state index in [0.717, 1.165) is 21.4 Å². The molecule has 2 aromatic carbocycles. The number of halogens is 1. The Bertz CT molecular complexity index is 815. The number of hydrogen-bond donors (Lipinski definition) is 0. The van der Waals surface area contributed by atoms with Crippen LogP contribution in [0.5, 0.6) is 0 Å². The molecule has 0 atom stereocenters. The lowest BCUT2D eigenvalue weighted by molar-refractivity contribution is 0.804. The summed E-state index contributed by atoms with van der Waals surface area (Å²) in [7, 11) is 0. The fourth-order valence-electron chi connectivity index (χ4n) is 2.27. The van der Waals surface area contributed by atoms with Gasteiger partial charge >= 0.3 is 0 Å². The molecule has 0 fully saturated rings. The molecule has 102 valence electrons. The van der Waals surface area contributed by atoms with Gasteiger partial charge in [0.25, 0.3) is 0 Å². The quantitative estimate of drug-likeness (QED) is 0.717. The van der Waals surface area contributed by atoms with Crippen molar-refractivity contribution < 1.29 is 0 Å². The predicted molar refractivity (Wildman–Crippen MR) is 85.6 cm³/mol. The summed E-state index contributed by atoms with van der Waals surface area (Å²) in [5.41, 5.74) is 2.73. The highest BCUT2D eigenvalue weighted by Crippen LogP contribution is 2.27. The van der Waals surface area contributed by atoms with Crippen molar-refractivity contribution in [3.05, 3.63) is 76.5 Å². The van der Waals surface area contributed by atoms with Gasteiger partial charge in [-0.15, -0.1) is 0 Å². The van der Waals surface area contributed by atoms with Crippen molar-refractivity contribution >= 4 is 15.9 Å². The highest BCUT2D eigenvalue weighted by Gasteiger charge is 2.10. The summed E-state index contributed by atoms with van der Waals surface area (Å²) in [6, 6.07) is 17.9. The molecule has 0 spiro atoms. The molecule has 0 unspecified atom stereocenters. The maximum Gasteiger partial charge on any atom is 0.141 e. The van der Waals surface area contributed by atoms with E-state index in [2.05, 4.69) is 31.6 Å². The number of benzene rings is 2. The van der Waals surface area contributed by atoms with Crippen molar-refractivity contribution in [2.45, 2.75) is 6.54 Å². The molecule has 21 heavy (non-hydrogen) atoms. The van der Waals surface area contributed by atoms with Gasteiger partial charge in [0.2, 0.25) is 0 Å². The van der Waals surface area contributed by atoms with E-state index < -0.39 is 0 Å². The van der Waals surface area contributed by atoms with Crippen LogP contribution in [0.15, 0.2) is 65.4 Å². The van der Waals surface area contributed by atoms with Crippen molar-refractivity contribution in [3.63, 3.8) is 0 Å². The maximum atomic E-state index is 9.20. The van der Waals surface area contributed by atoms with Crippen LogP contribution < -0.4 is 0 Å². The van der Waals surface area contributed by atoms with Gasteiger partial charge in [-0.2, -0.15) is 5.26 Å². The molecule has 0 aliphatic heterocycles.